The van der Waals surface area contributed by atoms with Crippen LogP contribution in [-0.2, 0) is 14.3 Å². The number of hydrogen-bond acceptors (Lipinski definition) is 4. The molecule has 2 N–H and O–H groups in total. The van der Waals surface area contributed by atoms with Crippen LogP contribution in [0.2, 0.25) is 0 Å². The van der Waals surface area contributed by atoms with Gasteiger partial charge in [-0.3, -0.25) is 9.59 Å². The molecule has 6 nitrogen and oxygen atoms in total. The lowest BCUT2D eigenvalue weighted by Gasteiger charge is -2.33. The van der Waals surface area contributed by atoms with Crippen LogP contribution in [0.15, 0.2) is 30.3 Å². The zero-order chi connectivity index (χ0) is 16.3. The standard InChI is InChI=1S/C15H15FO6/c16-11-6-9(13(17)18)10(14(19)20)7-12(11)22-15(21)8-4-2-1-3-5-8/h1-5,9-12H,6-7H2,(H,17,18)(H,19,20)/t9-,10-,11-,12-/m1/s1. The van der Waals surface area contributed by atoms with Crippen LogP contribution < -0.4 is 0 Å². The monoisotopic (exact) mass is 310 g/mol. The Balaban J connectivity index is 2.10. The topological polar surface area (TPSA) is 101 Å². The van der Waals surface area contributed by atoms with Gasteiger partial charge in [-0.05, 0) is 18.6 Å². The Bertz CT molecular complexity index is 573. The van der Waals surface area contributed by atoms with Gasteiger partial charge in [0.15, 0.2) is 0 Å². The zero-order valence-corrected chi connectivity index (χ0v) is 11.5. The Morgan fingerprint density at radius 3 is 2.09 bits per heavy atom. The lowest BCUT2D eigenvalue weighted by atomic mass is 9.77. The van der Waals surface area contributed by atoms with E-state index in [1.807, 2.05) is 0 Å². The number of halogens is 1. The first kappa shape index (κ1) is 15.9. The molecule has 0 aliphatic heterocycles. The fourth-order valence-corrected chi connectivity index (χ4v) is 2.57. The molecule has 0 heterocycles. The predicted molar refractivity (Wildman–Crippen MR) is 72.0 cm³/mol. The van der Waals surface area contributed by atoms with Crippen LogP contribution in [0.1, 0.15) is 23.2 Å². The molecule has 1 fully saturated rings. The first-order chi connectivity index (χ1) is 10.4. The van der Waals surface area contributed by atoms with Crippen molar-refractivity contribution in [3.8, 4) is 0 Å². The van der Waals surface area contributed by atoms with Crippen molar-refractivity contribution in [2.24, 2.45) is 11.8 Å². The van der Waals surface area contributed by atoms with Gasteiger partial charge in [0.05, 0.1) is 17.4 Å². The Hall–Kier alpha value is -2.44. The molecule has 118 valence electrons. The van der Waals surface area contributed by atoms with E-state index in [1.54, 1.807) is 18.2 Å². The van der Waals surface area contributed by atoms with Crippen LogP contribution in [0, 0.1) is 11.8 Å². The minimum Gasteiger partial charge on any atom is -0.481 e. The lowest BCUT2D eigenvalue weighted by Crippen LogP contribution is -2.45. The van der Waals surface area contributed by atoms with E-state index in [0.29, 0.717) is 0 Å². The van der Waals surface area contributed by atoms with E-state index in [9.17, 15) is 18.8 Å². The summed E-state index contributed by atoms with van der Waals surface area (Å²) in [6.07, 6.45) is -3.81. The van der Waals surface area contributed by atoms with Crippen LogP contribution in [0.4, 0.5) is 4.39 Å². The number of alkyl halides is 1. The molecule has 1 aliphatic rings. The molecule has 0 bridgehead atoms. The van der Waals surface area contributed by atoms with Gasteiger partial charge in [0.2, 0.25) is 0 Å². The fourth-order valence-electron chi connectivity index (χ4n) is 2.57. The molecule has 1 aromatic carbocycles. The maximum atomic E-state index is 14.0. The van der Waals surface area contributed by atoms with E-state index >= 15 is 0 Å². The van der Waals surface area contributed by atoms with Gasteiger partial charge in [-0.15, -0.1) is 0 Å². The molecular formula is C15H15FO6. The van der Waals surface area contributed by atoms with Crippen molar-refractivity contribution in [2.45, 2.75) is 25.1 Å². The van der Waals surface area contributed by atoms with E-state index in [-0.39, 0.29) is 12.0 Å². The highest BCUT2D eigenvalue weighted by Crippen LogP contribution is 2.34. The van der Waals surface area contributed by atoms with Crippen LogP contribution in [0.3, 0.4) is 0 Å². The van der Waals surface area contributed by atoms with E-state index in [0.717, 1.165) is 0 Å². The maximum absolute atomic E-state index is 14.0. The molecule has 0 radical (unpaired) electrons. The minimum atomic E-state index is -1.70. The highest BCUT2D eigenvalue weighted by molar-refractivity contribution is 5.89. The number of carbonyl (C=O) groups is 3. The molecule has 0 unspecified atom stereocenters. The van der Waals surface area contributed by atoms with Gasteiger partial charge in [-0.1, -0.05) is 18.2 Å². The molecular weight excluding hydrogens is 295 g/mol. The van der Waals surface area contributed by atoms with Crippen LogP contribution in [-0.4, -0.2) is 40.4 Å². The molecule has 0 amide bonds. The summed E-state index contributed by atoms with van der Waals surface area (Å²) in [7, 11) is 0. The number of ether oxygens (including phenoxy) is 1. The van der Waals surface area contributed by atoms with Crippen LogP contribution in [0.5, 0.6) is 0 Å². The van der Waals surface area contributed by atoms with Crippen molar-refractivity contribution in [3.05, 3.63) is 35.9 Å². The fraction of sp³-hybridized carbons (Fsp3) is 0.400. The Morgan fingerprint density at radius 2 is 1.55 bits per heavy atom. The largest absolute Gasteiger partial charge is 0.481 e. The number of rotatable bonds is 4. The van der Waals surface area contributed by atoms with Crippen molar-refractivity contribution >= 4 is 17.9 Å². The van der Waals surface area contributed by atoms with Crippen LogP contribution >= 0.6 is 0 Å². The highest BCUT2D eigenvalue weighted by Gasteiger charge is 2.46. The second-order valence-electron chi connectivity index (χ2n) is 5.19. The summed E-state index contributed by atoms with van der Waals surface area (Å²) >= 11 is 0. The smallest absolute Gasteiger partial charge is 0.338 e. The van der Waals surface area contributed by atoms with Gasteiger partial charge in [0.25, 0.3) is 0 Å². The third-order valence-corrected chi connectivity index (χ3v) is 3.76. The predicted octanol–water partition coefficient (Wildman–Crippen LogP) is 1.75. The third-order valence-electron chi connectivity index (χ3n) is 3.76. The van der Waals surface area contributed by atoms with E-state index < -0.39 is 48.4 Å². The molecule has 1 aromatic rings. The number of hydrogen-bond donors (Lipinski definition) is 2. The molecule has 7 heteroatoms. The Labute approximate surface area is 125 Å². The molecule has 22 heavy (non-hydrogen) atoms. The summed E-state index contributed by atoms with van der Waals surface area (Å²) < 4.78 is 19.1. The minimum absolute atomic E-state index is 0.224. The average molecular weight is 310 g/mol. The third kappa shape index (κ3) is 3.41. The molecule has 0 aromatic heterocycles. The first-order valence-corrected chi connectivity index (χ1v) is 6.76. The van der Waals surface area contributed by atoms with Gasteiger partial charge in [0.1, 0.15) is 12.3 Å². The van der Waals surface area contributed by atoms with Crippen molar-refractivity contribution in [2.75, 3.05) is 0 Å². The summed E-state index contributed by atoms with van der Waals surface area (Å²) in [5.41, 5.74) is 0.224. The number of esters is 1. The van der Waals surface area contributed by atoms with Gasteiger partial charge >= 0.3 is 17.9 Å². The van der Waals surface area contributed by atoms with Crippen molar-refractivity contribution < 1.29 is 33.7 Å². The number of carbonyl (C=O) groups excluding carboxylic acids is 1. The first-order valence-electron chi connectivity index (χ1n) is 6.76. The van der Waals surface area contributed by atoms with E-state index in [2.05, 4.69) is 0 Å². The number of carboxylic acid groups (broad SMARTS) is 2. The van der Waals surface area contributed by atoms with Gasteiger partial charge in [0, 0.05) is 6.42 Å². The van der Waals surface area contributed by atoms with E-state index in [4.69, 9.17) is 14.9 Å². The van der Waals surface area contributed by atoms with Crippen molar-refractivity contribution in [1.82, 2.24) is 0 Å². The normalized spacial score (nSPS) is 27.9. The van der Waals surface area contributed by atoms with Gasteiger partial charge in [-0.2, -0.15) is 0 Å². The molecule has 2 rings (SSSR count). The van der Waals surface area contributed by atoms with Gasteiger partial charge < -0.3 is 14.9 Å². The van der Waals surface area contributed by atoms with Crippen LogP contribution in [0.25, 0.3) is 0 Å². The van der Waals surface area contributed by atoms with Crippen molar-refractivity contribution in [1.29, 1.82) is 0 Å². The van der Waals surface area contributed by atoms with Gasteiger partial charge in [-0.25, -0.2) is 9.18 Å². The summed E-state index contributed by atoms with van der Waals surface area (Å²) in [5, 5.41) is 18.1. The Morgan fingerprint density at radius 1 is 1.00 bits per heavy atom. The highest BCUT2D eigenvalue weighted by atomic mass is 19.1. The van der Waals surface area contributed by atoms with E-state index in [1.165, 1.54) is 12.1 Å². The summed E-state index contributed by atoms with van der Waals surface area (Å²) in [6.45, 7) is 0. The average Bonchev–Trinajstić information content (AvgIpc) is 2.49. The second-order valence-corrected chi connectivity index (χ2v) is 5.19. The number of aliphatic carboxylic acids is 2. The maximum Gasteiger partial charge on any atom is 0.338 e. The SMILES string of the molecule is O=C(O[C@@H]1C[C@@H](C(=O)O)[C@H](C(=O)O)C[C@H]1F)c1ccccc1. The quantitative estimate of drug-likeness (QED) is 0.822. The number of carboxylic acids is 2. The summed E-state index contributed by atoms with van der Waals surface area (Å²) in [4.78, 5) is 34.1. The molecule has 4 atom stereocenters. The zero-order valence-electron chi connectivity index (χ0n) is 11.5. The summed E-state index contributed by atoms with van der Waals surface area (Å²) in [6, 6.07) is 7.92. The molecule has 0 saturated heterocycles. The number of benzene rings is 1. The second kappa shape index (κ2) is 6.55. The lowest BCUT2D eigenvalue weighted by molar-refractivity contribution is -0.160. The molecule has 1 saturated carbocycles. The van der Waals surface area contributed by atoms with Crippen molar-refractivity contribution in [3.63, 3.8) is 0 Å². The Kier molecular flexibility index (Phi) is 4.75. The summed E-state index contributed by atoms with van der Waals surface area (Å²) in [5.74, 6) is -6.05. The molecule has 0 spiro atoms. The molecule has 1 aliphatic carbocycles.